The number of unbranched alkanes of at least 4 members (excludes halogenated alkanes) is 2. The number of nitrogens with two attached hydrogens (primary N) is 2. The molecule has 15 heavy (non-hydrogen) atoms. The molecule has 0 amide bonds. The molecule has 0 saturated heterocycles. The normalized spacial score (nSPS) is 12.9. The van der Waals surface area contributed by atoms with E-state index in [1.54, 1.807) is 0 Å². The molecule has 0 aromatic heterocycles. The number of rotatable bonds is 8. The van der Waals surface area contributed by atoms with Gasteiger partial charge in [-0.3, -0.25) is 0 Å². The van der Waals surface area contributed by atoms with Gasteiger partial charge in [0.25, 0.3) is 17.7 Å². The highest BCUT2D eigenvalue weighted by atomic mass is 33.2. The van der Waals surface area contributed by atoms with Gasteiger partial charge in [0.2, 0.25) is 0 Å². The Labute approximate surface area is 90.3 Å². The molecule has 0 unspecified atom stereocenters. The molecule has 6 nitrogen and oxygen atoms in total. The lowest BCUT2D eigenvalue weighted by Crippen LogP contribution is -2.26. The Morgan fingerprint density at radius 2 is 1.20 bits per heavy atom. The zero-order chi connectivity index (χ0) is 11.9. The van der Waals surface area contributed by atoms with Crippen LogP contribution in [0.15, 0.2) is 0 Å². The first-order valence-electron chi connectivity index (χ1n) is 4.73. The summed E-state index contributed by atoms with van der Waals surface area (Å²) < 4.78 is 45.1. The van der Waals surface area contributed by atoms with E-state index >= 15 is 0 Å². The second-order valence-electron chi connectivity index (χ2n) is 3.16. The molecule has 0 saturated carbocycles. The summed E-state index contributed by atoms with van der Waals surface area (Å²) in [6, 6.07) is 0. The Morgan fingerprint density at radius 3 is 1.67 bits per heavy atom. The fraction of sp³-hybridized carbons (Fsp3) is 1.00. The summed E-state index contributed by atoms with van der Waals surface area (Å²) in [6.07, 6.45) is 1.64. The average molecular weight is 258 g/mol. The fourth-order valence-electron chi connectivity index (χ4n) is 0.998. The Bertz CT molecular complexity index is 360. The quantitative estimate of drug-likeness (QED) is 0.417. The third-order valence-electron chi connectivity index (χ3n) is 1.85. The van der Waals surface area contributed by atoms with Crippen molar-refractivity contribution in [1.29, 1.82) is 0 Å². The summed E-state index contributed by atoms with van der Waals surface area (Å²) in [7, 11) is -8.13. The van der Waals surface area contributed by atoms with E-state index in [2.05, 4.69) is 0 Å². The van der Waals surface area contributed by atoms with Crippen molar-refractivity contribution in [2.24, 2.45) is 11.5 Å². The first-order valence-corrected chi connectivity index (χ1v) is 8.55. The van der Waals surface area contributed by atoms with Crippen molar-refractivity contribution >= 4 is 17.7 Å². The number of hydrogen-bond donors (Lipinski definition) is 2. The summed E-state index contributed by atoms with van der Waals surface area (Å²) in [5.41, 5.74) is 10.3. The molecular weight excluding hydrogens is 240 g/mol. The van der Waals surface area contributed by atoms with E-state index in [-0.39, 0.29) is 12.3 Å². The van der Waals surface area contributed by atoms with E-state index in [4.69, 9.17) is 11.5 Å². The minimum atomic E-state index is -4.08. The van der Waals surface area contributed by atoms with Crippen LogP contribution < -0.4 is 11.5 Å². The van der Waals surface area contributed by atoms with Crippen LogP contribution in [0.3, 0.4) is 0 Å². The monoisotopic (exact) mass is 258 g/mol. The van der Waals surface area contributed by atoms with Gasteiger partial charge in [0.1, 0.15) is 0 Å². The van der Waals surface area contributed by atoms with Gasteiger partial charge in [0, 0.05) is 6.54 Å². The zero-order valence-corrected chi connectivity index (χ0v) is 10.2. The third-order valence-corrected chi connectivity index (χ3v) is 7.47. The average Bonchev–Trinajstić information content (AvgIpc) is 2.12. The smallest absolute Gasteiger partial charge is 0.254 e. The molecule has 0 aromatic rings. The highest BCUT2D eigenvalue weighted by Crippen LogP contribution is 2.08. The minimum absolute atomic E-state index is 0.176. The summed E-state index contributed by atoms with van der Waals surface area (Å²) in [6.45, 7) is 0.306. The van der Waals surface area contributed by atoms with Gasteiger partial charge in [-0.15, -0.1) is 0 Å². The Balaban J connectivity index is 4.31. The lowest BCUT2D eigenvalue weighted by molar-refractivity contribution is 0.579. The van der Waals surface area contributed by atoms with Gasteiger partial charge in [-0.1, -0.05) is 6.42 Å². The SMILES string of the molecule is NCCCCCS(=O)(=O)S(=O)(=O)CCN. The van der Waals surface area contributed by atoms with Crippen molar-refractivity contribution in [2.45, 2.75) is 19.3 Å². The molecular formula is C7H18N2O4S2. The fourth-order valence-corrected chi connectivity index (χ4v) is 4.52. The minimum Gasteiger partial charge on any atom is -0.330 e. The van der Waals surface area contributed by atoms with Crippen LogP contribution in [-0.2, 0) is 17.7 Å². The Kier molecular flexibility index (Phi) is 6.34. The van der Waals surface area contributed by atoms with Gasteiger partial charge < -0.3 is 11.5 Å². The Hall–Kier alpha value is -0.180. The molecule has 0 aliphatic carbocycles. The van der Waals surface area contributed by atoms with E-state index in [9.17, 15) is 16.8 Å². The van der Waals surface area contributed by atoms with Crippen LogP contribution in [0.25, 0.3) is 0 Å². The molecule has 0 aliphatic rings. The maximum absolute atomic E-state index is 11.3. The Morgan fingerprint density at radius 1 is 0.667 bits per heavy atom. The lowest BCUT2D eigenvalue weighted by atomic mass is 10.2. The van der Waals surface area contributed by atoms with Crippen molar-refractivity contribution in [3.8, 4) is 0 Å². The van der Waals surface area contributed by atoms with E-state index in [0.29, 0.717) is 25.8 Å². The predicted octanol–water partition coefficient (Wildman–Crippen LogP) is -1.18. The molecule has 0 spiro atoms. The first-order chi connectivity index (χ1) is 6.87. The highest BCUT2D eigenvalue weighted by Gasteiger charge is 2.27. The predicted molar refractivity (Wildman–Crippen MR) is 59.5 cm³/mol. The van der Waals surface area contributed by atoms with Crippen molar-refractivity contribution in [2.75, 3.05) is 24.6 Å². The molecule has 0 fully saturated rings. The highest BCUT2D eigenvalue weighted by molar-refractivity contribution is 8.67. The second-order valence-corrected chi connectivity index (χ2v) is 9.26. The van der Waals surface area contributed by atoms with E-state index in [0.717, 1.165) is 0 Å². The maximum Gasteiger partial charge on any atom is 0.254 e. The first kappa shape index (κ1) is 14.8. The molecule has 0 aliphatic heterocycles. The van der Waals surface area contributed by atoms with E-state index in [1.807, 2.05) is 0 Å². The molecule has 0 heterocycles. The van der Waals surface area contributed by atoms with Crippen molar-refractivity contribution in [3.63, 3.8) is 0 Å². The molecule has 8 heteroatoms. The van der Waals surface area contributed by atoms with Crippen LogP contribution in [0.5, 0.6) is 0 Å². The third kappa shape index (κ3) is 4.92. The molecule has 0 aromatic carbocycles. The molecule has 0 atom stereocenters. The van der Waals surface area contributed by atoms with Gasteiger partial charge in [-0.25, -0.2) is 16.8 Å². The van der Waals surface area contributed by atoms with Crippen LogP contribution in [0, 0.1) is 0 Å². The molecule has 0 bridgehead atoms. The molecule has 0 rings (SSSR count). The molecule has 4 N–H and O–H groups in total. The molecule has 0 radical (unpaired) electrons. The summed E-state index contributed by atoms with van der Waals surface area (Å²) in [5, 5.41) is 0. The topological polar surface area (TPSA) is 120 Å². The van der Waals surface area contributed by atoms with E-state index < -0.39 is 23.5 Å². The standard InChI is InChI=1S/C7H18N2O4S2/c8-4-2-1-3-6-14(10,11)15(12,13)7-5-9/h1-9H2. The lowest BCUT2D eigenvalue weighted by Gasteiger charge is -2.04. The van der Waals surface area contributed by atoms with Crippen molar-refractivity contribution in [3.05, 3.63) is 0 Å². The van der Waals surface area contributed by atoms with Crippen molar-refractivity contribution in [1.82, 2.24) is 0 Å². The van der Waals surface area contributed by atoms with Gasteiger partial charge in [-0.05, 0) is 19.4 Å². The second kappa shape index (κ2) is 6.41. The van der Waals surface area contributed by atoms with Gasteiger partial charge in [0.15, 0.2) is 0 Å². The van der Waals surface area contributed by atoms with Crippen LogP contribution >= 0.6 is 0 Å². The zero-order valence-electron chi connectivity index (χ0n) is 8.55. The van der Waals surface area contributed by atoms with Gasteiger partial charge in [-0.2, -0.15) is 0 Å². The summed E-state index contributed by atoms with van der Waals surface area (Å²) >= 11 is 0. The largest absolute Gasteiger partial charge is 0.330 e. The van der Waals surface area contributed by atoms with Crippen LogP contribution in [-0.4, -0.2) is 41.4 Å². The summed E-state index contributed by atoms with van der Waals surface area (Å²) in [4.78, 5) is 0. The van der Waals surface area contributed by atoms with Crippen LogP contribution in [0.1, 0.15) is 19.3 Å². The van der Waals surface area contributed by atoms with Crippen LogP contribution in [0.2, 0.25) is 0 Å². The number of hydrogen-bond acceptors (Lipinski definition) is 6. The van der Waals surface area contributed by atoms with E-state index in [1.165, 1.54) is 0 Å². The molecule has 92 valence electrons. The maximum atomic E-state index is 11.3. The van der Waals surface area contributed by atoms with Gasteiger partial charge >= 0.3 is 0 Å². The van der Waals surface area contributed by atoms with Crippen molar-refractivity contribution < 1.29 is 16.8 Å². The van der Waals surface area contributed by atoms with Gasteiger partial charge in [0.05, 0.1) is 11.5 Å². The van der Waals surface area contributed by atoms with Crippen LogP contribution in [0.4, 0.5) is 0 Å². The summed E-state index contributed by atoms with van der Waals surface area (Å²) in [5.74, 6) is -0.846.